The molecule has 0 spiro atoms. The zero-order valence-corrected chi connectivity index (χ0v) is 15.4. The zero-order chi connectivity index (χ0) is 16.9. The minimum atomic E-state index is 0.207. The van der Waals surface area contributed by atoms with Crippen molar-refractivity contribution in [1.29, 1.82) is 0 Å². The van der Waals surface area contributed by atoms with Crippen molar-refractivity contribution in [2.45, 2.75) is 57.2 Å². The van der Waals surface area contributed by atoms with Gasteiger partial charge in [0.1, 0.15) is 18.5 Å². The molecule has 1 aromatic rings. The predicted octanol–water partition coefficient (Wildman–Crippen LogP) is 3.30. The van der Waals surface area contributed by atoms with Crippen LogP contribution in [0.15, 0.2) is 24.3 Å². The van der Waals surface area contributed by atoms with E-state index in [1.165, 1.54) is 57.2 Å². The highest BCUT2D eigenvalue weighted by atomic mass is 16.5. The Kier molecular flexibility index (Phi) is 5.90. The fourth-order valence-electron chi connectivity index (χ4n) is 4.52. The molecule has 138 valence electrons. The summed E-state index contributed by atoms with van der Waals surface area (Å²) >= 11 is 0. The highest BCUT2D eigenvalue weighted by Crippen LogP contribution is 2.25. The molecule has 4 rings (SSSR count). The Balaban J connectivity index is 1.23. The van der Waals surface area contributed by atoms with E-state index >= 15 is 0 Å². The van der Waals surface area contributed by atoms with E-state index < -0.39 is 0 Å². The van der Waals surface area contributed by atoms with E-state index in [0.29, 0.717) is 6.61 Å². The van der Waals surface area contributed by atoms with Gasteiger partial charge in [-0.2, -0.15) is 0 Å². The van der Waals surface area contributed by atoms with Crippen molar-refractivity contribution in [1.82, 2.24) is 9.80 Å². The second-order valence-electron chi connectivity index (χ2n) is 7.86. The van der Waals surface area contributed by atoms with Crippen LogP contribution in [0.5, 0.6) is 5.75 Å². The van der Waals surface area contributed by atoms with Gasteiger partial charge in [0.2, 0.25) is 0 Å². The van der Waals surface area contributed by atoms with E-state index in [9.17, 15) is 0 Å². The second kappa shape index (κ2) is 8.52. The van der Waals surface area contributed by atoms with Gasteiger partial charge in [0.05, 0.1) is 6.61 Å². The van der Waals surface area contributed by atoms with Gasteiger partial charge in [-0.25, -0.2) is 0 Å². The summed E-state index contributed by atoms with van der Waals surface area (Å²) < 4.78 is 11.9. The molecule has 2 aliphatic heterocycles. The number of hydrogen-bond donors (Lipinski definition) is 0. The molecular weight excluding hydrogens is 312 g/mol. The van der Waals surface area contributed by atoms with Crippen LogP contribution in [0.25, 0.3) is 0 Å². The van der Waals surface area contributed by atoms with E-state index in [0.717, 1.165) is 38.0 Å². The quantitative estimate of drug-likeness (QED) is 0.790. The van der Waals surface area contributed by atoms with Gasteiger partial charge in [-0.15, -0.1) is 0 Å². The third-order valence-electron chi connectivity index (χ3n) is 5.98. The summed E-state index contributed by atoms with van der Waals surface area (Å²) in [6.07, 6.45) is 8.43. The molecule has 0 bridgehead atoms. The lowest BCUT2D eigenvalue weighted by atomic mass is 10.1. The number of likely N-dealkylation sites (tertiary alicyclic amines) is 1. The summed E-state index contributed by atoms with van der Waals surface area (Å²) in [6, 6.07) is 9.43. The summed E-state index contributed by atoms with van der Waals surface area (Å²) in [7, 11) is 0. The maximum atomic E-state index is 6.02. The van der Waals surface area contributed by atoms with Gasteiger partial charge in [0.25, 0.3) is 0 Å². The molecule has 4 heteroatoms. The summed E-state index contributed by atoms with van der Waals surface area (Å²) in [5, 5.41) is 0. The normalized spacial score (nSPS) is 26.3. The monoisotopic (exact) mass is 344 g/mol. The average Bonchev–Trinajstić information content (AvgIpc) is 3.35. The lowest BCUT2D eigenvalue weighted by Crippen LogP contribution is -2.48. The van der Waals surface area contributed by atoms with Crippen molar-refractivity contribution >= 4 is 0 Å². The van der Waals surface area contributed by atoms with Crippen LogP contribution in [-0.2, 0) is 11.3 Å². The van der Waals surface area contributed by atoms with E-state index in [2.05, 4.69) is 34.1 Å². The summed E-state index contributed by atoms with van der Waals surface area (Å²) in [4.78, 5) is 5.16. The average molecular weight is 344 g/mol. The minimum Gasteiger partial charge on any atom is -0.491 e. The van der Waals surface area contributed by atoms with Crippen molar-refractivity contribution < 1.29 is 9.47 Å². The molecule has 1 unspecified atom stereocenters. The standard InChI is InChI=1S/C21H32N2O2/c1-2-6-19(5-1)23-13-14-24-21(16-23)17-25-20-9-7-18(8-10-20)15-22-11-3-4-12-22/h7-10,19,21H,1-6,11-17H2. The molecule has 0 radical (unpaired) electrons. The summed E-state index contributed by atoms with van der Waals surface area (Å²) in [5.74, 6) is 0.965. The second-order valence-corrected chi connectivity index (χ2v) is 7.86. The van der Waals surface area contributed by atoms with Gasteiger partial charge in [-0.3, -0.25) is 9.80 Å². The first kappa shape index (κ1) is 17.3. The fourth-order valence-corrected chi connectivity index (χ4v) is 4.52. The molecular formula is C21H32N2O2. The number of morpholine rings is 1. The Morgan fingerprint density at radius 3 is 2.48 bits per heavy atom. The van der Waals surface area contributed by atoms with E-state index in [-0.39, 0.29) is 6.10 Å². The van der Waals surface area contributed by atoms with Crippen LogP contribution < -0.4 is 4.74 Å². The van der Waals surface area contributed by atoms with Crippen LogP contribution in [0, 0.1) is 0 Å². The Hall–Kier alpha value is -1.10. The van der Waals surface area contributed by atoms with E-state index in [4.69, 9.17) is 9.47 Å². The molecule has 1 aromatic carbocycles. The predicted molar refractivity (Wildman–Crippen MR) is 100 cm³/mol. The van der Waals surface area contributed by atoms with Gasteiger partial charge in [0.15, 0.2) is 0 Å². The maximum absolute atomic E-state index is 6.02. The minimum absolute atomic E-state index is 0.207. The number of nitrogens with zero attached hydrogens (tertiary/aromatic N) is 2. The van der Waals surface area contributed by atoms with Gasteiger partial charge < -0.3 is 9.47 Å². The fraction of sp³-hybridized carbons (Fsp3) is 0.714. The molecule has 2 heterocycles. The largest absolute Gasteiger partial charge is 0.491 e. The third-order valence-corrected chi connectivity index (χ3v) is 5.98. The first-order chi connectivity index (χ1) is 12.4. The first-order valence-electron chi connectivity index (χ1n) is 10.2. The van der Waals surface area contributed by atoms with E-state index in [1.807, 2.05) is 0 Å². The maximum Gasteiger partial charge on any atom is 0.119 e. The summed E-state index contributed by atoms with van der Waals surface area (Å²) in [6.45, 7) is 7.18. The first-order valence-corrected chi connectivity index (χ1v) is 10.2. The van der Waals surface area contributed by atoms with Crippen molar-refractivity contribution in [2.24, 2.45) is 0 Å². The Bertz CT molecular complexity index is 521. The highest BCUT2D eigenvalue weighted by Gasteiger charge is 2.28. The van der Waals surface area contributed by atoms with Crippen molar-refractivity contribution in [3.63, 3.8) is 0 Å². The van der Waals surface area contributed by atoms with Gasteiger partial charge >= 0.3 is 0 Å². The molecule has 2 saturated heterocycles. The molecule has 0 N–H and O–H groups in total. The Morgan fingerprint density at radius 1 is 0.960 bits per heavy atom. The topological polar surface area (TPSA) is 24.9 Å². The van der Waals surface area contributed by atoms with Gasteiger partial charge in [0, 0.05) is 25.7 Å². The third kappa shape index (κ3) is 4.75. The number of hydrogen-bond acceptors (Lipinski definition) is 4. The smallest absolute Gasteiger partial charge is 0.119 e. The molecule has 1 atom stereocenters. The highest BCUT2D eigenvalue weighted by molar-refractivity contribution is 5.27. The molecule has 0 amide bonds. The number of benzene rings is 1. The Morgan fingerprint density at radius 2 is 1.72 bits per heavy atom. The van der Waals surface area contributed by atoms with Crippen molar-refractivity contribution in [3.05, 3.63) is 29.8 Å². The van der Waals surface area contributed by atoms with Crippen LogP contribution in [0.4, 0.5) is 0 Å². The van der Waals surface area contributed by atoms with Crippen LogP contribution in [0.2, 0.25) is 0 Å². The van der Waals surface area contributed by atoms with Crippen molar-refractivity contribution in [2.75, 3.05) is 39.4 Å². The molecule has 1 saturated carbocycles. The Labute approximate surface area is 152 Å². The molecule has 1 aliphatic carbocycles. The number of ether oxygens (including phenoxy) is 2. The lowest BCUT2D eigenvalue weighted by molar-refractivity contribution is -0.0596. The molecule has 25 heavy (non-hydrogen) atoms. The SMILES string of the molecule is c1cc(OCC2CN(C3CCCC3)CCO2)ccc1CN1CCCC1. The van der Waals surface area contributed by atoms with Crippen LogP contribution in [-0.4, -0.2) is 61.3 Å². The van der Waals surface area contributed by atoms with Crippen molar-refractivity contribution in [3.8, 4) is 5.75 Å². The molecule has 3 fully saturated rings. The van der Waals surface area contributed by atoms with Gasteiger partial charge in [-0.05, 0) is 56.5 Å². The van der Waals surface area contributed by atoms with Crippen LogP contribution in [0.1, 0.15) is 44.1 Å². The molecule has 0 aromatic heterocycles. The number of rotatable bonds is 6. The van der Waals surface area contributed by atoms with E-state index in [1.54, 1.807) is 0 Å². The zero-order valence-electron chi connectivity index (χ0n) is 15.4. The van der Waals surface area contributed by atoms with Crippen LogP contribution >= 0.6 is 0 Å². The lowest BCUT2D eigenvalue weighted by Gasteiger charge is -2.36. The molecule has 3 aliphatic rings. The van der Waals surface area contributed by atoms with Gasteiger partial charge in [-0.1, -0.05) is 25.0 Å². The summed E-state index contributed by atoms with van der Waals surface area (Å²) in [5.41, 5.74) is 1.38. The molecule has 4 nitrogen and oxygen atoms in total. The van der Waals surface area contributed by atoms with Crippen LogP contribution in [0.3, 0.4) is 0 Å².